The topological polar surface area (TPSA) is 78.7 Å². The van der Waals surface area contributed by atoms with Crippen LogP contribution in [0.2, 0.25) is 0 Å². The van der Waals surface area contributed by atoms with Crippen LogP contribution in [0.15, 0.2) is 29.3 Å². The van der Waals surface area contributed by atoms with Gasteiger partial charge in [-0.1, -0.05) is 49.2 Å². The van der Waals surface area contributed by atoms with E-state index < -0.39 is 22.8 Å². The number of nitrogens with one attached hydrogen (secondary N) is 1. The van der Waals surface area contributed by atoms with E-state index in [1.54, 1.807) is 25.1 Å². The molecule has 148 valence electrons. The molecule has 0 radical (unpaired) electrons. The first-order chi connectivity index (χ1) is 13.2. The molecule has 1 heterocycles. The number of nitriles is 1. The molecule has 0 spiro atoms. The molecule has 1 N–H and O–H groups in total. The number of hydrogen-bond donors (Lipinski definition) is 1. The molecule has 1 saturated carbocycles. The number of para-hydroxylation sites is 1. The van der Waals surface area contributed by atoms with Crippen LogP contribution in [0.25, 0.3) is 10.9 Å². The highest BCUT2D eigenvalue weighted by molar-refractivity contribution is 8.00. The number of carbonyl (C=O) groups is 1. The number of carbonyl (C=O) groups excluding carboxylic acids is 1. The Hall–Kier alpha value is -2.34. The highest BCUT2D eigenvalue weighted by Crippen LogP contribution is 2.34. The summed E-state index contributed by atoms with van der Waals surface area (Å²) in [4.78, 5) is 19.9. The van der Waals surface area contributed by atoms with Crippen molar-refractivity contribution in [3.05, 3.63) is 30.1 Å². The lowest BCUT2D eigenvalue weighted by molar-refractivity contribution is -0.145. The number of hydrogen-bond acceptors (Lipinski definition) is 5. The van der Waals surface area contributed by atoms with Crippen molar-refractivity contribution in [3.63, 3.8) is 0 Å². The number of rotatable bonds is 4. The summed E-state index contributed by atoms with van der Waals surface area (Å²) in [7, 11) is 0. The Labute approximate surface area is 164 Å². The van der Waals surface area contributed by atoms with Crippen LogP contribution in [-0.2, 0) is 11.0 Å². The van der Waals surface area contributed by atoms with Gasteiger partial charge in [-0.3, -0.25) is 4.79 Å². The number of amides is 1. The van der Waals surface area contributed by atoms with Gasteiger partial charge in [0.15, 0.2) is 0 Å². The smallest absolute Gasteiger partial charge is 0.337 e. The van der Waals surface area contributed by atoms with E-state index in [-0.39, 0.29) is 16.4 Å². The Bertz CT molecular complexity index is 920. The Morgan fingerprint density at radius 1 is 1.25 bits per heavy atom. The minimum absolute atomic E-state index is 0.0928. The van der Waals surface area contributed by atoms with E-state index in [0.29, 0.717) is 18.2 Å². The summed E-state index contributed by atoms with van der Waals surface area (Å²) in [6.07, 6.45) is -0.765. The van der Waals surface area contributed by atoms with Gasteiger partial charge in [0.1, 0.15) is 10.6 Å². The molecule has 0 bridgehead atoms. The van der Waals surface area contributed by atoms with Crippen LogP contribution in [0.1, 0.15) is 44.9 Å². The van der Waals surface area contributed by atoms with Gasteiger partial charge in [-0.05, 0) is 25.8 Å². The Balaban J connectivity index is 1.85. The van der Waals surface area contributed by atoms with Crippen molar-refractivity contribution >= 4 is 28.6 Å². The standard InChI is InChI=1S/C19H19F3N4OS/c1-12(15(27)26-18(11-23)9-5-2-6-10-18)28-16-13-7-3-4-8-14(13)24-17(25-16)19(20,21)22/h3-4,7-8,12H,2,5-6,9-10H2,1H3,(H,26,27)/t12-/m1/s1. The van der Waals surface area contributed by atoms with E-state index in [1.165, 1.54) is 6.07 Å². The molecule has 9 heteroatoms. The fraction of sp³-hybridized carbons (Fsp3) is 0.474. The average molecular weight is 408 g/mol. The third-order valence-corrected chi connectivity index (χ3v) is 5.87. The molecule has 1 aliphatic carbocycles. The van der Waals surface area contributed by atoms with Gasteiger partial charge in [0.2, 0.25) is 11.7 Å². The number of benzene rings is 1. The fourth-order valence-corrected chi connectivity index (χ4v) is 4.18. The summed E-state index contributed by atoms with van der Waals surface area (Å²) in [6.45, 7) is 1.60. The van der Waals surface area contributed by atoms with Crippen LogP contribution >= 0.6 is 11.8 Å². The van der Waals surface area contributed by atoms with Crippen molar-refractivity contribution in [1.29, 1.82) is 5.26 Å². The zero-order valence-electron chi connectivity index (χ0n) is 15.2. The van der Waals surface area contributed by atoms with E-state index >= 15 is 0 Å². The van der Waals surface area contributed by atoms with Crippen LogP contribution in [-0.4, -0.2) is 26.7 Å². The number of halogens is 3. The number of thioether (sulfide) groups is 1. The predicted molar refractivity (Wildman–Crippen MR) is 99.4 cm³/mol. The van der Waals surface area contributed by atoms with Gasteiger partial charge in [-0.25, -0.2) is 9.97 Å². The van der Waals surface area contributed by atoms with E-state index in [4.69, 9.17) is 0 Å². The highest BCUT2D eigenvalue weighted by Gasteiger charge is 2.37. The highest BCUT2D eigenvalue weighted by atomic mass is 32.2. The molecular weight excluding hydrogens is 389 g/mol. The molecule has 1 aromatic heterocycles. The molecule has 0 aliphatic heterocycles. The monoisotopic (exact) mass is 408 g/mol. The van der Waals surface area contributed by atoms with Crippen LogP contribution < -0.4 is 5.32 Å². The van der Waals surface area contributed by atoms with Crippen molar-refractivity contribution in [1.82, 2.24) is 15.3 Å². The fourth-order valence-electron chi connectivity index (χ4n) is 3.24. The van der Waals surface area contributed by atoms with E-state index in [9.17, 15) is 23.2 Å². The molecule has 2 aromatic rings. The lowest BCUT2D eigenvalue weighted by Gasteiger charge is -2.32. The van der Waals surface area contributed by atoms with Gasteiger partial charge in [0.05, 0.1) is 16.8 Å². The zero-order chi connectivity index (χ0) is 20.4. The van der Waals surface area contributed by atoms with Gasteiger partial charge in [0, 0.05) is 5.39 Å². The number of aromatic nitrogens is 2. The maximum Gasteiger partial charge on any atom is 0.451 e. The van der Waals surface area contributed by atoms with Gasteiger partial charge in [0.25, 0.3) is 0 Å². The van der Waals surface area contributed by atoms with E-state index in [1.807, 2.05) is 0 Å². The molecule has 28 heavy (non-hydrogen) atoms. The molecular formula is C19H19F3N4OS. The summed E-state index contributed by atoms with van der Waals surface area (Å²) in [6, 6.07) is 8.59. The molecule has 1 atom stereocenters. The van der Waals surface area contributed by atoms with Gasteiger partial charge >= 0.3 is 6.18 Å². The third kappa shape index (κ3) is 4.38. The summed E-state index contributed by atoms with van der Waals surface area (Å²) in [5, 5.41) is 12.1. The zero-order valence-corrected chi connectivity index (χ0v) is 16.0. The van der Waals surface area contributed by atoms with Crippen LogP contribution in [0, 0.1) is 11.3 Å². The molecule has 1 fully saturated rings. The molecule has 1 aliphatic rings. The summed E-state index contributed by atoms with van der Waals surface area (Å²) >= 11 is 0.937. The maximum atomic E-state index is 13.1. The first-order valence-electron chi connectivity index (χ1n) is 8.98. The third-order valence-electron chi connectivity index (χ3n) is 4.76. The Morgan fingerprint density at radius 3 is 2.57 bits per heavy atom. The van der Waals surface area contributed by atoms with Crippen LogP contribution in [0.3, 0.4) is 0 Å². The van der Waals surface area contributed by atoms with Gasteiger partial charge in [-0.2, -0.15) is 18.4 Å². The molecule has 0 unspecified atom stereocenters. The summed E-state index contributed by atoms with van der Waals surface area (Å²) in [5.41, 5.74) is -0.727. The van der Waals surface area contributed by atoms with Crippen molar-refractivity contribution < 1.29 is 18.0 Å². The minimum atomic E-state index is -4.68. The van der Waals surface area contributed by atoms with E-state index in [2.05, 4.69) is 21.4 Å². The van der Waals surface area contributed by atoms with Crippen LogP contribution in [0.5, 0.6) is 0 Å². The van der Waals surface area contributed by atoms with Gasteiger partial charge < -0.3 is 5.32 Å². The molecule has 0 saturated heterocycles. The average Bonchev–Trinajstić information content (AvgIpc) is 2.67. The van der Waals surface area contributed by atoms with E-state index in [0.717, 1.165) is 31.0 Å². The SMILES string of the molecule is C[C@@H](Sc1nc(C(F)(F)F)nc2ccccc12)C(=O)NC1(C#N)CCCCC1. The second-order valence-electron chi connectivity index (χ2n) is 6.87. The van der Waals surface area contributed by atoms with Gasteiger partial charge in [-0.15, -0.1) is 0 Å². The largest absolute Gasteiger partial charge is 0.451 e. The number of alkyl halides is 3. The Morgan fingerprint density at radius 2 is 1.93 bits per heavy atom. The second kappa shape index (κ2) is 7.95. The molecule has 1 amide bonds. The first kappa shape index (κ1) is 20.4. The minimum Gasteiger partial charge on any atom is -0.337 e. The quantitative estimate of drug-likeness (QED) is 0.596. The molecule has 3 rings (SSSR count). The normalized spacial score (nSPS) is 17.7. The maximum absolute atomic E-state index is 13.1. The molecule has 5 nitrogen and oxygen atoms in total. The lowest BCUT2D eigenvalue weighted by atomic mass is 9.83. The summed E-state index contributed by atoms with van der Waals surface area (Å²) in [5.74, 6) is -1.62. The number of fused-ring (bicyclic) bond motifs is 1. The van der Waals surface area contributed by atoms with Crippen molar-refractivity contribution in [2.75, 3.05) is 0 Å². The Kier molecular flexibility index (Phi) is 5.79. The second-order valence-corrected chi connectivity index (χ2v) is 8.20. The van der Waals surface area contributed by atoms with Crippen molar-refractivity contribution in [2.24, 2.45) is 0 Å². The number of nitrogens with zero attached hydrogens (tertiary/aromatic N) is 3. The first-order valence-corrected chi connectivity index (χ1v) is 9.86. The van der Waals surface area contributed by atoms with Crippen molar-refractivity contribution in [2.45, 2.75) is 61.0 Å². The molecule has 1 aromatic carbocycles. The van der Waals surface area contributed by atoms with Crippen LogP contribution in [0.4, 0.5) is 13.2 Å². The predicted octanol–water partition coefficient (Wildman–Crippen LogP) is 4.47. The van der Waals surface area contributed by atoms with Crippen molar-refractivity contribution in [3.8, 4) is 6.07 Å². The summed E-state index contributed by atoms with van der Waals surface area (Å²) < 4.78 is 39.4. The lowest BCUT2D eigenvalue weighted by Crippen LogP contribution is -2.50.